The highest BCUT2D eigenvalue weighted by molar-refractivity contribution is 5.85. The zero-order valence-electron chi connectivity index (χ0n) is 9.24. The molecule has 0 radical (unpaired) electrons. The second-order valence-corrected chi connectivity index (χ2v) is 3.70. The largest absolute Gasteiger partial charge is 0.416 e. The number of rotatable bonds is 1. The molecule has 2 aromatic rings. The van der Waals surface area contributed by atoms with Gasteiger partial charge in [0.1, 0.15) is 0 Å². The fourth-order valence-electron chi connectivity index (χ4n) is 1.55. The number of benzene rings is 2. The van der Waals surface area contributed by atoms with Crippen LogP contribution in [0.25, 0.3) is 11.1 Å². The van der Waals surface area contributed by atoms with Crippen LogP contribution >= 0.6 is 12.4 Å². The molecule has 0 aliphatic rings. The van der Waals surface area contributed by atoms with E-state index in [0.29, 0.717) is 16.8 Å². The lowest BCUT2D eigenvalue weighted by atomic mass is 10.0. The maximum absolute atomic E-state index is 12.5. The summed E-state index contributed by atoms with van der Waals surface area (Å²) in [5.74, 6) is 0. The van der Waals surface area contributed by atoms with Crippen molar-refractivity contribution in [3.63, 3.8) is 0 Å². The number of hydrogen-bond acceptors (Lipinski definition) is 1. The summed E-state index contributed by atoms with van der Waals surface area (Å²) in [7, 11) is 0. The van der Waals surface area contributed by atoms with Gasteiger partial charge in [-0.1, -0.05) is 24.3 Å². The lowest BCUT2D eigenvalue weighted by Crippen LogP contribution is -2.04. The van der Waals surface area contributed by atoms with E-state index in [9.17, 15) is 13.2 Å². The fourth-order valence-corrected chi connectivity index (χ4v) is 1.55. The summed E-state index contributed by atoms with van der Waals surface area (Å²) in [4.78, 5) is 0. The molecule has 18 heavy (non-hydrogen) atoms. The van der Waals surface area contributed by atoms with Crippen LogP contribution in [0, 0.1) is 0 Å². The average Bonchev–Trinajstić information content (AvgIpc) is 2.29. The van der Waals surface area contributed by atoms with Gasteiger partial charge in [-0.3, -0.25) is 0 Å². The Kier molecular flexibility index (Phi) is 4.24. The average molecular weight is 274 g/mol. The molecule has 0 amide bonds. The minimum atomic E-state index is -4.32. The Morgan fingerprint density at radius 1 is 0.833 bits per heavy atom. The summed E-state index contributed by atoms with van der Waals surface area (Å²) in [6, 6.07) is 11.9. The highest BCUT2D eigenvalue weighted by Crippen LogP contribution is 2.32. The molecule has 1 nitrogen and oxygen atoms in total. The Bertz CT molecular complexity index is 521. The first-order valence-corrected chi connectivity index (χ1v) is 5.00. The molecule has 0 saturated heterocycles. The smallest absolute Gasteiger partial charge is 0.399 e. The number of halogens is 4. The third kappa shape index (κ3) is 3.17. The second-order valence-electron chi connectivity index (χ2n) is 3.70. The lowest BCUT2D eigenvalue weighted by Gasteiger charge is -2.08. The summed E-state index contributed by atoms with van der Waals surface area (Å²) in [6.45, 7) is 0. The van der Waals surface area contributed by atoms with Crippen molar-refractivity contribution in [1.82, 2.24) is 0 Å². The molecule has 0 heterocycles. The molecule has 2 N–H and O–H groups in total. The SMILES string of the molecule is Cl.Nc1ccc(-c2cccc(C(F)(F)F)c2)cc1. The molecule has 96 valence electrons. The molecule has 0 spiro atoms. The normalized spacial score (nSPS) is 10.8. The first-order chi connectivity index (χ1) is 7.97. The minimum absolute atomic E-state index is 0. The Balaban J connectivity index is 0.00000162. The van der Waals surface area contributed by atoms with Crippen LogP contribution < -0.4 is 5.73 Å². The number of anilines is 1. The molecule has 0 unspecified atom stereocenters. The monoisotopic (exact) mass is 273 g/mol. The van der Waals surface area contributed by atoms with E-state index in [1.807, 2.05) is 0 Å². The first-order valence-electron chi connectivity index (χ1n) is 5.00. The molecule has 0 fully saturated rings. The van der Waals surface area contributed by atoms with Gasteiger partial charge in [-0.2, -0.15) is 13.2 Å². The van der Waals surface area contributed by atoms with Gasteiger partial charge in [-0.05, 0) is 35.4 Å². The molecule has 0 saturated carbocycles. The van der Waals surface area contributed by atoms with Crippen molar-refractivity contribution in [3.8, 4) is 11.1 Å². The van der Waals surface area contributed by atoms with Gasteiger partial charge in [0.25, 0.3) is 0 Å². The van der Waals surface area contributed by atoms with Crippen LogP contribution in [0.4, 0.5) is 18.9 Å². The Morgan fingerprint density at radius 3 is 2.00 bits per heavy atom. The lowest BCUT2D eigenvalue weighted by molar-refractivity contribution is -0.137. The van der Waals surface area contributed by atoms with Crippen molar-refractivity contribution in [1.29, 1.82) is 0 Å². The van der Waals surface area contributed by atoms with E-state index in [4.69, 9.17) is 5.73 Å². The molecule has 2 rings (SSSR count). The van der Waals surface area contributed by atoms with E-state index in [1.54, 1.807) is 30.3 Å². The van der Waals surface area contributed by atoms with E-state index >= 15 is 0 Å². The van der Waals surface area contributed by atoms with E-state index in [2.05, 4.69) is 0 Å². The van der Waals surface area contributed by atoms with Crippen LogP contribution in [0.15, 0.2) is 48.5 Å². The van der Waals surface area contributed by atoms with Gasteiger partial charge >= 0.3 is 6.18 Å². The van der Waals surface area contributed by atoms with Gasteiger partial charge in [0.2, 0.25) is 0 Å². The van der Waals surface area contributed by atoms with Gasteiger partial charge in [0, 0.05) is 5.69 Å². The van der Waals surface area contributed by atoms with Crippen molar-refractivity contribution >= 4 is 18.1 Å². The second kappa shape index (κ2) is 5.31. The highest BCUT2D eigenvalue weighted by Gasteiger charge is 2.30. The number of hydrogen-bond donors (Lipinski definition) is 1. The predicted molar refractivity (Wildman–Crippen MR) is 68.5 cm³/mol. The Labute approximate surface area is 109 Å². The maximum Gasteiger partial charge on any atom is 0.416 e. The van der Waals surface area contributed by atoms with Crippen molar-refractivity contribution in [2.24, 2.45) is 0 Å². The third-order valence-corrected chi connectivity index (χ3v) is 2.43. The topological polar surface area (TPSA) is 26.0 Å². The quantitative estimate of drug-likeness (QED) is 0.767. The van der Waals surface area contributed by atoms with Crippen molar-refractivity contribution in [3.05, 3.63) is 54.1 Å². The highest BCUT2D eigenvalue weighted by atomic mass is 35.5. The molecule has 5 heteroatoms. The molecular weight excluding hydrogens is 263 g/mol. The summed E-state index contributed by atoms with van der Waals surface area (Å²) in [5.41, 5.74) is 6.70. The van der Waals surface area contributed by atoms with Crippen LogP contribution in [0.1, 0.15) is 5.56 Å². The summed E-state index contributed by atoms with van der Waals surface area (Å²) in [5, 5.41) is 0. The number of alkyl halides is 3. The standard InChI is InChI=1S/C13H10F3N.ClH/c14-13(15,16)11-3-1-2-10(8-11)9-4-6-12(17)7-5-9;/h1-8H,17H2;1H. The fraction of sp³-hybridized carbons (Fsp3) is 0.0769. The van der Waals surface area contributed by atoms with Gasteiger partial charge in [0.15, 0.2) is 0 Å². The summed E-state index contributed by atoms with van der Waals surface area (Å²) >= 11 is 0. The van der Waals surface area contributed by atoms with Gasteiger partial charge < -0.3 is 5.73 Å². The molecule has 0 atom stereocenters. The van der Waals surface area contributed by atoms with Gasteiger partial charge in [0.05, 0.1) is 5.56 Å². The van der Waals surface area contributed by atoms with Crippen LogP contribution in [-0.2, 0) is 6.18 Å². The number of nitrogens with two attached hydrogens (primary N) is 1. The molecular formula is C13H11ClF3N. The Hall–Kier alpha value is -1.68. The molecule has 2 aromatic carbocycles. The van der Waals surface area contributed by atoms with Crippen LogP contribution in [0.5, 0.6) is 0 Å². The zero-order chi connectivity index (χ0) is 12.5. The number of nitrogen functional groups attached to an aromatic ring is 1. The zero-order valence-corrected chi connectivity index (χ0v) is 10.1. The van der Waals surface area contributed by atoms with E-state index in [-0.39, 0.29) is 12.4 Å². The van der Waals surface area contributed by atoms with Gasteiger partial charge in [-0.15, -0.1) is 12.4 Å². The summed E-state index contributed by atoms with van der Waals surface area (Å²) in [6.07, 6.45) is -4.32. The minimum Gasteiger partial charge on any atom is -0.399 e. The molecule has 0 aliphatic heterocycles. The summed E-state index contributed by atoms with van der Waals surface area (Å²) < 4.78 is 37.6. The maximum atomic E-state index is 12.5. The van der Waals surface area contributed by atoms with E-state index < -0.39 is 11.7 Å². The molecule has 0 bridgehead atoms. The van der Waals surface area contributed by atoms with Gasteiger partial charge in [-0.25, -0.2) is 0 Å². The molecule has 0 aromatic heterocycles. The van der Waals surface area contributed by atoms with Crippen molar-refractivity contribution < 1.29 is 13.2 Å². The van der Waals surface area contributed by atoms with Crippen LogP contribution in [-0.4, -0.2) is 0 Å². The van der Waals surface area contributed by atoms with E-state index in [0.717, 1.165) is 12.1 Å². The van der Waals surface area contributed by atoms with Crippen molar-refractivity contribution in [2.45, 2.75) is 6.18 Å². The Morgan fingerprint density at radius 2 is 1.44 bits per heavy atom. The van der Waals surface area contributed by atoms with Crippen LogP contribution in [0.2, 0.25) is 0 Å². The predicted octanol–water partition coefficient (Wildman–Crippen LogP) is 4.38. The first kappa shape index (κ1) is 14.4. The molecule has 0 aliphatic carbocycles. The third-order valence-electron chi connectivity index (χ3n) is 2.43. The van der Waals surface area contributed by atoms with Crippen molar-refractivity contribution in [2.75, 3.05) is 5.73 Å². The van der Waals surface area contributed by atoms with E-state index in [1.165, 1.54) is 6.07 Å². The van der Waals surface area contributed by atoms with Crippen LogP contribution in [0.3, 0.4) is 0 Å².